The van der Waals surface area contributed by atoms with Gasteiger partial charge in [0.2, 0.25) is 0 Å². The minimum atomic E-state index is -4.72. The summed E-state index contributed by atoms with van der Waals surface area (Å²) in [6.45, 7) is 0. The van der Waals surface area contributed by atoms with Crippen LogP contribution in [0.25, 0.3) is 0 Å². The molecule has 2 aromatic carbocycles. The number of phenolic OH excluding ortho intramolecular Hbond substituents is 1. The van der Waals surface area contributed by atoms with Crippen molar-refractivity contribution in [1.82, 2.24) is 0 Å². The van der Waals surface area contributed by atoms with Gasteiger partial charge in [-0.2, -0.15) is 13.2 Å². The molecule has 0 aliphatic carbocycles. The molecule has 0 heterocycles. The molecule has 0 saturated carbocycles. The largest absolute Gasteiger partial charge is 0.507 e. The topological polar surface area (TPSA) is 92.4 Å². The molecule has 0 bridgehead atoms. The summed E-state index contributed by atoms with van der Waals surface area (Å²) in [5, 5.41) is 9.36. The van der Waals surface area contributed by atoms with E-state index in [-0.39, 0.29) is 10.6 Å². The average molecular weight is 332 g/mol. The monoisotopic (exact) mass is 332 g/mol. The van der Waals surface area contributed by atoms with E-state index in [4.69, 9.17) is 5.73 Å². The number of rotatable bonds is 3. The van der Waals surface area contributed by atoms with Crippen molar-refractivity contribution < 1.29 is 26.7 Å². The van der Waals surface area contributed by atoms with Gasteiger partial charge < -0.3 is 10.8 Å². The number of alkyl halides is 3. The normalized spacial score (nSPS) is 12.1. The lowest BCUT2D eigenvalue weighted by Crippen LogP contribution is -2.13. The third kappa shape index (κ3) is 3.42. The number of sulfonamides is 1. The van der Waals surface area contributed by atoms with Gasteiger partial charge in [-0.1, -0.05) is 0 Å². The Morgan fingerprint density at radius 2 is 1.64 bits per heavy atom. The van der Waals surface area contributed by atoms with Crippen molar-refractivity contribution in [1.29, 1.82) is 0 Å². The summed E-state index contributed by atoms with van der Waals surface area (Å²) in [5.41, 5.74) is 4.37. The van der Waals surface area contributed by atoms with Gasteiger partial charge in [0.1, 0.15) is 5.75 Å². The Hall–Kier alpha value is -2.42. The molecular weight excluding hydrogens is 321 g/mol. The number of nitrogen functional groups attached to an aromatic ring is 1. The van der Waals surface area contributed by atoms with E-state index in [1.165, 1.54) is 24.3 Å². The lowest BCUT2D eigenvalue weighted by molar-refractivity contribution is -0.138. The number of hydrogen-bond donors (Lipinski definition) is 3. The van der Waals surface area contributed by atoms with Crippen LogP contribution in [0.2, 0.25) is 0 Å². The zero-order chi connectivity index (χ0) is 16.5. The Labute approximate surface area is 124 Å². The Kier molecular flexibility index (Phi) is 3.92. The SMILES string of the molecule is Nc1ccc(S(=O)(=O)Nc2ccc(C(F)(F)F)c(O)c2)cc1. The van der Waals surface area contributed by atoms with E-state index in [0.29, 0.717) is 17.8 Å². The number of hydrogen-bond acceptors (Lipinski definition) is 4. The molecule has 22 heavy (non-hydrogen) atoms. The quantitative estimate of drug-likeness (QED) is 0.754. The summed E-state index contributed by atoms with van der Waals surface area (Å²) >= 11 is 0. The third-order valence-corrected chi connectivity index (χ3v) is 4.14. The van der Waals surface area contributed by atoms with Gasteiger partial charge in [0.25, 0.3) is 10.0 Å². The fraction of sp³-hybridized carbons (Fsp3) is 0.0769. The molecule has 118 valence electrons. The highest BCUT2D eigenvalue weighted by atomic mass is 32.2. The zero-order valence-corrected chi connectivity index (χ0v) is 11.7. The number of benzene rings is 2. The average Bonchev–Trinajstić information content (AvgIpc) is 2.37. The molecule has 0 saturated heterocycles. The highest BCUT2D eigenvalue weighted by Crippen LogP contribution is 2.37. The fourth-order valence-corrected chi connectivity index (χ4v) is 2.75. The van der Waals surface area contributed by atoms with Gasteiger partial charge in [-0.25, -0.2) is 8.42 Å². The first-order valence-electron chi connectivity index (χ1n) is 5.88. The van der Waals surface area contributed by atoms with E-state index in [1.807, 2.05) is 0 Å². The van der Waals surface area contributed by atoms with Gasteiger partial charge in [0.15, 0.2) is 0 Å². The van der Waals surface area contributed by atoms with E-state index in [9.17, 15) is 26.7 Å². The van der Waals surface area contributed by atoms with Gasteiger partial charge in [-0.05, 0) is 36.4 Å². The Morgan fingerprint density at radius 3 is 2.14 bits per heavy atom. The molecule has 0 radical (unpaired) electrons. The maximum Gasteiger partial charge on any atom is 0.419 e. The number of anilines is 2. The van der Waals surface area contributed by atoms with E-state index >= 15 is 0 Å². The van der Waals surface area contributed by atoms with Crippen molar-refractivity contribution in [3.8, 4) is 5.75 Å². The second-order valence-electron chi connectivity index (χ2n) is 4.40. The van der Waals surface area contributed by atoms with E-state index in [2.05, 4.69) is 4.72 Å². The smallest absolute Gasteiger partial charge is 0.419 e. The summed E-state index contributed by atoms with van der Waals surface area (Å²) in [6, 6.07) is 7.45. The van der Waals surface area contributed by atoms with Crippen LogP contribution in [0.1, 0.15) is 5.56 Å². The van der Waals surface area contributed by atoms with Crippen LogP contribution in [0.3, 0.4) is 0 Å². The lowest BCUT2D eigenvalue weighted by atomic mass is 10.2. The Morgan fingerprint density at radius 1 is 1.05 bits per heavy atom. The number of phenols is 1. The lowest BCUT2D eigenvalue weighted by Gasteiger charge is -2.12. The molecule has 2 rings (SSSR count). The molecule has 0 unspecified atom stereocenters. The highest BCUT2D eigenvalue weighted by Gasteiger charge is 2.33. The number of aromatic hydroxyl groups is 1. The van der Waals surface area contributed by atoms with Crippen LogP contribution in [-0.2, 0) is 16.2 Å². The van der Waals surface area contributed by atoms with Crippen LogP contribution in [-0.4, -0.2) is 13.5 Å². The van der Waals surface area contributed by atoms with Gasteiger partial charge in [0.05, 0.1) is 16.1 Å². The predicted molar refractivity (Wildman–Crippen MR) is 74.8 cm³/mol. The maximum atomic E-state index is 12.5. The second-order valence-corrected chi connectivity index (χ2v) is 6.09. The molecule has 0 spiro atoms. The molecule has 2 aromatic rings. The van der Waals surface area contributed by atoms with Crippen LogP contribution in [0, 0.1) is 0 Å². The maximum absolute atomic E-state index is 12.5. The van der Waals surface area contributed by atoms with Gasteiger partial charge >= 0.3 is 6.18 Å². The van der Waals surface area contributed by atoms with Gasteiger partial charge in [0, 0.05) is 11.8 Å². The number of nitrogens with one attached hydrogen (secondary N) is 1. The fourth-order valence-electron chi connectivity index (χ4n) is 1.70. The molecule has 4 N–H and O–H groups in total. The Bertz CT molecular complexity index is 787. The Balaban J connectivity index is 2.31. The second kappa shape index (κ2) is 5.41. The summed E-state index contributed by atoms with van der Waals surface area (Å²) in [4.78, 5) is -0.110. The van der Waals surface area contributed by atoms with Crippen molar-refractivity contribution >= 4 is 21.4 Å². The first kappa shape index (κ1) is 16.0. The van der Waals surface area contributed by atoms with Crippen LogP contribution < -0.4 is 10.5 Å². The standard InChI is InChI=1S/C13H11F3N2O3S/c14-13(15,16)11-6-3-9(7-12(11)19)18-22(20,21)10-4-1-8(17)2-5-10/h1-7,18-19H,17H2. The minimum absolute atomic E-state index is 0.110. The number of nitrogens with two attached hydrogens (primary N) is 1. The number of halogens is 3. The summed E-state index contributed by atoms with van der Waals surface area (Å²) in [7, 11) is -3.99. The van der Waals surface area contributed by atoms with E-state index in [1.54, 1.807) is 0 Å². The molecule has 0 aliphatic rings. The minimum Gasteiger partial charge on any atom is -0.507 e. The van der Waals surface area contributed by atoms with Crippen molar-refractivity contribution in [3.05, 3.63) is 48.0 Å². The van der Waals surface area contributed by atoms with Gasteiger partial charge in [-0.3, -0.25) is 4.72 Å². The van der Waals surface area contributed by atoms with Crippen molar-refractivity contribution in [2.45, 2.75) is 11.1 Å². The molecule has 9 heteroatoms. The first-order chi connectivity index (χ1) is 10.1. The van der Waals surface area contributed by atoms with E-state index < -0.39 is 27.5 Å². The molecule has 0 aromatic heterocycles. The molecular formula is C13H11F3N2O3S. The van der Waals surface area contributed by atoms with Crippen molar-refractivity contribution in [3.63, 3.8) is 0 Å². The third-order valence-electron chi connectivity index (χ3n) is 2.75. The molecule has 0 atom stereocenters. The van der Waals surface area contributed by atoms with E-state index in [0.717, 1.165) is 6.07 Å². The summed E-state index contributed by atoms with van der Waals surface area (Å²) < 4.78 is 63.7. The summed E-state index contributed by atoms with van der Waals surface area (Å²) in [5.74, 6) is -1.06. The van der Waals surface area contributed by atoms with Crippen molar-refractivity contribution in [2.75, 3.05) is 10.5 Å². The highest BCUT2D eigenvalue weighted by molar-refractivity contribution is 7.92. The van der Waals surface area contributed by atoms with Crippen molar-refractivity contribution in [2.24, 2.45) is 0 Å². The van der Waals surface area contributed by atoms with Crippen LogP contribution >= 0.6 is 0 Å². The predicted octanol–water partition coefficient (Wildman–Crippen LogP) is 2.79. The van der Waals surface area contributed by atoms with Gasteiger partial charge in [-0.15, -0.1) is 0 Å². The zero-order valence-electron chi connectivity index (χ0n) is 10.9. The molecule has 0 fully saturated rings. The molecule has 0 amide bonds. The van der Waals surface area contributed by atoms with Crippen LogP contribution in [0.4, 0.5) is 24.5 Å². The first-order valence-corrected chi connectivity index (χ1v) is 7.36. The molecule has 5 nitrogen and oxygen atoms in total. The van der Waals surface area contributed by atoms with Crippen LogP contribution in [0.15, 0.2) is 47.4 Å². The summed E-state index contributed by atoms with van der Waals surface area (Å²) in [6.07, 6.45) is -4.72. The molecule has 0 aliphatic heterocycles. The van der Waals surface area contributed by atoms with Crippen LogP contribution in [0.5, 0.6) is 5.75 Å².